The number of hydrogen-bond acceptors (Lipinski definition) is 5. The maximum atomic E-state index is 13.9. The zero-order chi connectivity index (χ0) is 26.5. The molecule has 1 aliphatic rings. The second-order valence-electron chi connectivity index (χ2n) is 7.53. The molecule has 2 heterocycles. The molecule has 194 valence electrons. The van der Waals surface area contributed by atoms with Gasteiger partial charge in [0.15, 0.2) is 12.0 Å². The predicted octanol–water partition coefficient (Wildman–Crippen LogP) is 3.97. The number of allylic oxidation sites excluding steroid dienone is 3. The van der Waals surface area contributed by atoms with E-state index in [1.807, 2.05) is 20.8 Å². The monoisotopic (exact) mass is 495 g/mol. The summed E-state index contributed by atoms with van der Waals surface area (Å²) in [6.45, 7) is 9.33. The van der Waals surface area contributed by atoms with Gasteiger partial charge in [0.1, 0.15) is 11.4 Å². The highest BCUT2D eigenvalue weighted by Crippen LogP contribution is 2.20. The van der Waals surface area contributed by atoms with Crippen molar-refractivity contribution >= 4 is 11.8 Å². The van der Waals surface area contributed by atoms with E-state index < -0.39 is 29.1 Å². The number of amides is 2. The summed E-state index contributed by atoms with van der Waals surface area (Å²) in [5, 5.41) is 12.5. The molecule has 2 amide bonds. The van der Waals surface area contributed by atoms with Crippen LogP contribution in [0.25, 0.3) is 0 Å². The topological polar surface area (TPSA) is 101 Å². The minimum Gasteiger partial charge on any atom is -0.503 e. The van der Waals surface area contributed by atoms with E-state index in [2.05, 4.69) is 5.32 Å². The molecule has 2 unspecified atom stereocenters. The zero-order valence-electron chi connectivity index (χ0n) is 20.9. The van der Waals surface area contributed by atoms with Gasteiger partial charge in [-0.15, -0.1) is 0 Å². The summed E-state index contributed by atoms with van der Waals surface area (Å²) in [6.07, 6.45) is 6.24. The van der Waals surface area contributed by atoms with E-state index in [9.17, 15) is 28.3 Å². The number of aromatic hydroxyl groups is 1. The molecule has 8 nitrogen and oxygen atoms in total. The van der Waals surface area contributed by atoms with Crippen molar-refractivity contribution in [2.24, 2.45) is 0 Å². The zero-order valence-corrected chi connectivity index (χ0v) is 20.9. The lowest BCUT2D eigenvalue weighted by Gasteiger charge is -2.40. The minimum atomic E-state index is -0.899. The molecule has 35 heavy (non-hydrogen) atoms. The Bertz CT molecular complexity index is 1020. The highest BCUT2D eigenvalue weighted by molar-refractivity contribution is 5.94. The van der Waals surface area contributed by atoms with Gasteiger partial charge in [-0.25, -0.2) is 8.78 Å². The first-order valence-corrected chi connectivity index (χ1v) is 11.7. The first kappa shape index (κ1) is 29.8. The molecule has 0 aliphatic carbocycles. The van der Waals surface area contributed by atoms with Crippen LogP contribution in [0.4, 0.5) is 8.78 Å². The summed E-state index contributed by atoms with van der Waals surface area (Å²) in [6, 6.07) is -0.0444. The summed E-state index contributed by atoms with van der Waals surface area (Å²) in [7, 11) is 0. The van der Waals surface area contributed by atoms with Gasteiger partial charge in [-0.05, 0) is 26.3 Å². The quantitative estimate of drug-likeness (QED) is 0.532. The summed E-state index contributed by atoms with van der Waals surface area (Å²) in [5.41, 5.74) is -1.27. The van der Waals surface area contributed by atoms with Crippen molar-refractivity contribution in [3.8, 4) is 5.75 Å². The molecule has 10 heteroatoms. The van der Waals surface area contributed by atoms with E-state index in [1.165, 1.54) is 17.7 Å². The Labute approximate surface area is 204 Å². The lowest BCUT2D eigenvalue weighted by Crippen LogP contribution is -2.52. The smallest absolute Gasteiger partial charge is 0.257 e. The van der Waals surface area contributed by atoms with E-state index in [0.717, 1.165) is 24.4 Å². The van der Waals surface area contributed by atoms with Crippen molar-refractivity contribution in [1.29, 1.82) is 0 Å². The minimum absolute atomic E-state index is 0.00135. The van der Waals surface area contributed by atoms with Crippen LogP contribution in [-0.4, -0.2) is 51.8 Å². The Morgan fingerprint density at radius 2 is 2.00 bits per heavy atom. The van der Waals surface area contributed by atoms with Gasteiger partial charge in [-0.1, -0.05) is 32.9 Å². The number of carbonyl (C=O) groups is 2. The predicted molar refractivity (Wildman–Crippen MR) is 130 cm³/mol. The van der Waals surface area contributed by atoms with Crippen molar-refractivity contribution < 1.29 is 28.2 Å². The van der Waals surface area contributed by atoms with Crippen LogP contribution in [0.5, 0.6) is 5.75 Å². The number of rotatable bonds is 8. The number of pyridine rings is 1. The van der Waals surface area contributed by atoms with E-state index in [-0.39, 0.29) is 42.5 Å². The third-order valence-electron chi connectivity index (χ3n) is 5.26. The van der Waals surface area contributed by atoms with E-state index >= 15 is 0 Å². The number of hydrogen-bond donors (Lipinski definition) is 2. The fourth-order valence-corrected chi connectivity index (χ4v) is 3.50. The maximum absolute atomic E-state index is 13.9. The Morgan fingerprint density at radius 1 is 1.31 bits per heavy atom. The SMILES string of the molecule is CC.C\C=C(F)/C(=C\C=C\F)CNC(=O)c1cn(CC2OCCC(C)N2C(=O)CC)cc(O)c1=O. The van der Waals surface area contributed by atoms with Crippen molar-refractivity contribution in [1.82, 2.24) is 14.8 Å². The largest absolute Gasteiger partial charge is 0.503 e. The van der Waals surface area contributed by atoms with Gasteiger partial charge in [0.25, 0.3) is 5.91 Å². The van der Waals surface area contributed by atoms with Crippen LogP contribution in [0, 0.1) is 0 Å². The third kappa shape index (κ3) is 8.17. The lowest BCUT2D eigenvalue weighted by atomic mass is 10.1. The summed E-state index contributed by atoms with van der Waals surface area (Å²) in [4.78, 5) is 39.0. The van der Waals surface area contributed by atoms with Crippen molar-refractivity contribution in [2.45, 2.75) is 66.3 Å². The molecule has 1 aromatic rings. The first-order valence-electron chi connectivity index (χ1n) is 11.7. The number of ether oxygens (including phenoxy) is 1. The summed E-state index contributed by atoms with van der Waals surface area (Å²) < 4.78 is 33.4. The van der Waals surface area contributed by atoms with Gasteiger partial charge in [0.05, 0.1) is 25.7 Å². The van der Waals surface area contributed by atoms with Crippen LogP contribution in [0.3, 0.4) is 0 Å². The molecule has 1 aromatic heterocycles. The Kier molecular flexibility index (Phi) is 12.6. The molecule has 0 saturated carbocycles. The van der Waals surface area contributed by atoms with Crippen LogP contribution in [0.2, 0.25) is 0 Å². The molecule has 2 rings (SSSR count). The molecule has 1 aliphatic heterocycles. The van der Waals surface area contributed by atoms with Gasteiger partial charge in [-0.2, -0.15) is 0 Å². The molecule has 2 N–H and O–H groups in total. The van der Waals surface area contributed by atoms with E-state index in [1.54, 1.807) is 11.8 Å². The molecule has 0 aromatic carbocycles. The summed E-state index contributed by atoms with van der Waals surface area (Å²) in [5.74, 6) is -2.26. The standard InChI is InChI=1S/C23H29F2N3O5.C2H6/c1-4-18(25)16(7-6-9-24)11-26-23(32)17-12-27(13-19(29)22(17)31)14-21-28(20(30)5-2)15(3)8-10-33-21;1-2/h4,6-7,9,12-13,15,21,29H,5,8,10-11,14H2,1-3H3,(H,26,32);1-2H3/b9-6+,16-7-,18-4+;. The number of nitrogens with zero attached hydrogens (tertiary/aromatic N) is 2. The normalized spacial score (nSPS) is 18.8. The second kappa shape index (κ2) is 14.9. The van der Waals surface area contributed by atoms with Crippen LogP contribution >= 0.6 is 0 Å². The Morgan fingerprint density at radius 3 is 2.60 bits per heavy atom. The Hall–Kier alpha value is -3.27. The number of halogens is 2. The number of aromatic nitrogens is 1. The van der Waals surface area contributed by atoms with Crippen LogP contribution < -0.4 is 10.7 Å². The van der Waals surface area contributed by atoms with Crippen LogP contribution in [0.1, 0.15) is 57.8 Å². The van der Waals surface area contributed by atoms with E-state index in [4.69, 9.17) is 4.74 Å². The van der Waals surface area contributed by atoms with Crippen molar-refractivity contribution in [2.75, 3.05) is 13.2 Å². The first-order chi connectivity index (χ1) is 16.7. The van der Waals surface area contributed by atoms with Gasteiger partial charge in [-0.3, -0.25) is 14.4 Å². The maximum Gasteiger partial charge on any atom is 0.257 e. The molecule has 0 radical (unpaired) electrons. The van der Waals surface area contributed by atoms with Crippen LogP contribution in [-0.2, 0) is 16.1 Å². The molecule has 1 saturated heterocycles. The van der Waals surface area contributed by atoms with Gasteiger partial charge in [0.2, 0.25) is 11.3 Å². The Balaban J connectivity index is 0.00000298. The molecule has 0 bridgehead atoms. The number of carbonyl (C=O) groups excluding carboxylic acids is 2. The van der Waals surface area contributed by atoms with Gasteiger partial charge < -0.3 is 24.6 Å². The fourth-order valence-electron chi connectivity index (χ4n) is 3.50. The average molecular weight is 496 g/mol. The molecule has 1 fully saturated rings. The molecular formula is C25H35F2N3O5. The van der Waals surface area contributed by atoms with Gasteiger partial charge >= 0.3 is 0 Å². The molecular weight excluding hydrogens is 460 g/mol. The summed E-state index contributed by atoms with van der Waals surface area (Å²) >= 11 is 0. The van der Waals surface area contributed by atoms with Crippen molar-refractivity contribution in [3.05, 3.63) is 64.1 Å². The fraction of sp³-hybridized carbons (Fsp3) is 0.480. The number of nitrogens with one attached hydrogen (secondary N) is 1. The lowest BCUT2D eigenvalue weighted by molar-refractivity contribution is -0.165. The highest BCUT2D eigenvalue weighted by atomic mass is 19.1. The average Bonchev–Trinajstić information content (AvgIpc) is 2.86. The molecule has 2 atom stereocenters. The van der Waals surface area contributed by atoms with E-state index in [0.29, 0.717) is 19.4 Å². The second-order valence-corrected chi connectivity index (χ2v) is 7.53. The molecule has 0 spiro atoms. The highest BCUT2D eigenvalue weighted by Gasteiger charge is 2.32. The third-order valence-corrected chi connectivity index (χ3v) is 5.26. The van der Waals surface area contributed by atoms with Crippen molar-refractivity contribution in [3.63, 3.8) is 0 Å². The van der Waals surface area contributed by atoms with Gasteiger partial charge in [0, 0.05) is 30.8 Å². The van der Waals surface area contributed by atoms with Crippen LogP contribution in [0.15, 0.2) is 53.1 Å².